The zero-order valence-electron chi connectivity index (χ0n) is 14.1. The average Bonchev–Trinajstić information content (AvgIpc) is 3.27. The van der Waals surface area contributed by atoms with E-state index in [2.05, 4.69) is 15.1 Å². The van der Waals surface area contributed by atoms with Crippen molar-refractivity contribution in [1.82, 2.24) is 24.3 Å². The average molecular weight is 347 g/mol. The summed E-state index contributed by atoms with van der Waals surface area (Å²) in [5.74, 6) is 1.66. The lowest BCUT2D eigenvalue weighted by Gasteiger charge is -2.07. The molecule has 1 fully saturated rings. The number of fused-ring (bicyclic) bond motifs is 1. The summed E-state index contributed by atoms with van der Waals surface area (Å²) in [6, 6.07) is 7.79. The molecule has 0 amide bonds. The van der Waals surface area contributed by atoms with Crippen LogP contribution < -0.4 is 5.56 Å². The number of rotatable bonds is 5. The first-order chi connectivity index (χ1) is 12.8. The molecule has 0 bridgehead atoms. The van der Waals surface area contributed by atoms with Crippen molar-refractivity contribution < 1.29 is 4.52 Å². The van der Waals surface area contributed by atoms with E-state index >= 15 is 0 Å². The highest BCUT2D eigenvalue weighted by Gasteiger charge is 2.28. The summed E-state index contributed by atoms with van der Waals surface area (Å²) in [5, 5.41) is 4.93. The van der Waals surface area contributed by atoms with Crippen LogP contribution in [0.2, 0.25) is 0 Å². The van der Waals surface area contributed by atoms with Gasteiger partial charge >= 0.3 is 0 Å². The van der Waals surface area contributed by atoms with E-state index in [0.717, 1.165) is 29.6 Å². The van der Waals surface area contributed by atoms with Crippen LogP contribution in [0.4, 0.5) is 0 Å². The molecule has 5 rings (SSSR count). The second-order valence-electron chi connectivity index (χ2n) is 6.68. The summed E-state index contributed by atoms with van der Waals surface area (Å²) < 4.78 is 8.88. The zero-order valence-corrected chi connectivity index (χ0v) is 14.1. The van der Waals surface area contributed by atoms with Crippen molar-refractivity contribution in [2.45, 2.75) is 31.8 Å². The second kappa shape index (κ2) is 5.94. The molecule has 7 heteroatoms. The molecule has 1 aliphatic rings. The van der Waals surface area contributed by atoms with E-state index in [9.17, 15) is 4.79 Å². The maximum atomic E-state index is 13.0. The number of hydrogen-bond acceptors (Lipinski definition) is 5. The molecule has 0 spiro atoms. The van der Waals surface area contributed by atoms with E-state index in [1.54, 1.807) is 17.0 Å². The summed E-state index contributed by atoms with van der Waals surface area (Å²) in [6.45, 7) is 0.884. The molecule has 1 saturated carbocycles. The van der Waals surface area contributed by atoms with Gasteiger partial charge in [-0.25, -0.2) is 0 Å². The topological polar surface area (TPSA) is 78.7 Å². The van der Waals surface area contributed by atoms with Gasteiger partial charge in [0.05, 0.1) is 0 Å². The zero-order chi connectivity index (χ0) is 17.5. The van der Waals surface area contributed by atoms with Gasteiger partial charge in [0.25, 0.3) is 5.56 Å². The van der Waals surface area contributed by atoms with Gasteiger partial charge in [-0.3, -0.25) is 9.78 Å². The van der Waals surface area contributed by atoms with E-state index in [1.165, 1.54) is 0 Å². The normalized spacial score (nSPS) is 14.2. The van der Waals surface area contributed by atoms with Gasteiger partial charge in [0.15, 0.2) is 5.82 Å². The lowest BCUT2D eigenvalue weighted by atomic mass is 10.3. The molecule has 7 nitrogen and oxygen atoms in total. The number of pyridine rings is 2. The Kier molecular flexibility index (Phi) is 3.44. The highest BCUT2D eigenvalue weighted by molar-refractivity contribution is 5.79. The van der Waals surface area contributed by atoms with Crippen molar-refractivity contribution in [3.8, 4) is 0 Å². The summed E-state index contributed by atoms with van der Waals surface area (Å²) >= 11 is 0. The van der Waals surface area contributed by atoms with E-state index < -0.39 is 0 Å². The number of aromatic nitrogens is 5. The highest BCUT2D eigenvalue weighted by atomic mass is 16.5. The minimum Gasteiger partial charge on any atom is -0.339 e. The van der Waals surface area contributed by atoms with Crippen LogP contribution >= 0.6 is 0 Å². The molecule has 0 N–H and O–H groups in total. The third kappa shape index (κ3) is 2.71. The van der Waals surface area contributed by atoms with Crippen molar-refractivity contribution in [2.75, 3.05) is 0 Å². The van der Waals surface area contributed by atoms with Gasteiger partial charge in [0.1, 0.15) is 12.1 Å². The van der Waals surface area contributed by atoms with Crippen molar-refractivity contribution >= 4 is 10.9 Å². The quantitative estimate of drug-likeness (QED) is 0.554. The van der Waals surface area contributed by atoms with Crippen LogP contribution in [0.1, 0.15) is 36.0 Å². The standard InChI is InChI=1S/C19H17N5O2/c25-19-17-14(5-8-23(17)11-13-2-1-7-20-10-13)6-9-24(19)12-16-21-18(22-26-16)15-3-4-15/h1-2,5-10,15H,3-4,11-12H2. The largest absolute Gasteiger partial charge is 0.339 e. The molecule has 130 valence electrons. The lowest BCUT2D eigenvalue weighted by Crippen LogP contribution is -2.22. The molecule has 1 aliphatic carbocycles. The van der Waals surface area contributed by atoms with Crippen LogP contribution in [-0.2, 0) is 13.1 Å². The first-order valence-corrected chi connectivity index (χ1v) is 8.67. The van der Waals surface area contributed by atoms with Crippen LogP contribution in [0.5, 0.6) is 0 Å². The van der Waals surface area contributed by atoms with Crippen LogP contribution in [-0.4, -0.2) is 24.3 Å². The van der Waals surface area contributed by atoms with Crippen LogP contribution in [0.15, 0.2) is 58.4 Å². The molecular weight excluding hydrogens is 330 g/mol. The molecule has 0 saturated heterocycles. The first kappa shape index (κ1) is 15.1. The fourth-order valence-electron chi connectivity index (χ4n) is 3.17. The molecule has 0 atom stereocenters. The Bertz CT molecular complexity index is 1120. The molecule has 0 unspecified atom stereocenters. The fraction of sp³-hybridized carbons (Fsp3) is 0.263. The SMILES string of the molecule is O=c1c2c(ccn1Cc1nc(C3CC3)no1)ccn2Cc1cccnc1. The summed E-state index contributed by atoms with van der Waals surface area (Å²) in [6.07, 6.45) is 9.50. The first-order valence-electron chi connectivity index (χ1n) is 8.67. The summed E-state index contributed by atoms with van der Waals surface area (Å²) in [4.78, 5) is 21.5. The van der Waals surface area contributed by atoms with Gasteiger partial charge in [-0.1, -0.05) is 11.2 Å². The van der Waals surface area contributed by atoms with Gasteiger partial charge < -0.3 is 13.7 Å². The predicted molar refractivity (Wildman–Crippen MR) is 94.9 cm³/mol. The third-order valence-corrected chi connectivity index (χ3v) is 4.70. The summed E-state index contributed by atoms with van der Waals surface area (Å²) in [7, 11) is 0. The monoisotopic (exact) mass is 347 g/mol. The Labute approximate surface area is 148 Å². The minimum atomic E-state index is -0.0671. The Morgan fingerprint density at radius 2 is 1.96 bits per heavy atom. The molecule has 0 aromatic carbocycles. The van der Waals surface area contributed by atoms with Crippen LogP contribution in [0.25, 0.3) is 10.9 Å². The Morgan fingerprint density at radius 3 is 2.73 bits per heavy atom. The molecular formula is C19H17N5O2. The minimum absolute atomic E-state index is 0.0671. The van der Waals surface area contributed by atoms with Crippen LogP contribution in [0.3, 0.4) is 0 Å². The van der Waals surface area contributed by atoms with Gasteiger partial charge in [-0.05, 0) is 36.6 Å². The van der Waals surface area contributed by atoms with E-state index in [4.69, 9.17) is 4.52 Å². The molecule has 0 aliphatic heterocycles. The maximum absolute atomic E-state index is 13.0. The van der Waals surface area contributed by atoms with E-state index in [1.807, 2.05) is 41.2 Å². The van der Waals surface area contributed by atoms with Crippen molar-refractivity contribution in [2.24, 2.45) is 0 Å². The van der Waals surface area contributed by atoms with Gasteiger partial charge in [0.2, 0.25) is 5.89 Å². The summed E-state index contributed by atoms with van der Waals surface area (Å²) in [5.41, 5.74) is 1.65. The Balaban J connectivity index is 1.49. The Morgan fingerprint density at radius 1 is 1.12 bits per heavy atom. The molecule has 4 aromatic heterocycles. The lowest BCUT2D eigenvalue weighted by molar-refractivity contribution is 0.365. The molecule has 0 radical (unpaired) electrons. The second-order valence-corrected chi connectivity index (χ2v) is 6.68. The van der Waals surface area contributed by atoms with Crippen molar-refractivity contribution in [1.29, 1.82) is 0 Å². The Hall–Kier alpha value is -3.22. The van der Waals surface area contributed by atoms with Crippen molar-refractivity contribution in [3.63, 3.8) is 0 Å². The smallest absolute Gasteiger partial charge is 0.275 e. The predicted octanol–water partition coefficient (Wildman–Crippen LogP) is 2.56. The third-order valence-electron chi connectivity index (χ3n) is 4.70. The van der Waals surface area contributed by atoms with Gasteiger partial charge in [-0.2, -0.15) is 4.98 Å². The molecule has 4 heterocycles. The number of nitrogens with zero attached hydrogens (tertiary/aromatic N) is 5. The highest BCUT2D eigenvalue weighted by Crippen LogP contribution is 2.38. The number of hydrogen-bond donors (Lipinski definition) is 0. The fourth-order valence-corrected chi connectivity index (χ4v) is 3.17. The van der Waals surface area contributed by atoms with Gasteiger partial charge in [0, 0.05) is 42.6 Å². The van der Waals surface area contributed by atoms with E-state index in [-0.39, 0.29) is 12.1 Å². The molecule has 4 aromatic rings. The molecule has 26 heavy (non-hydrogen) atoms. The van der Waals surface area contributed by atoms with Crippen molar-refractivity contribution in [3.05, 3.63) is 76.7 Å². The van der Waals surface area contributed by atoms with Gasteiger partial charge in [-0.15, -0.1) is 0 Å². The van der Waals surface area contributed by atoms with Crippen LogP contribution in [0, 0.1) is 0 Å². The van der Waals surface area contributed by atoms with E-state index in [0.29, 0.717) is 23.9 Å². The maximum Gasteiger partial charge on any atom is 0.275 e.